The molecule has 7 N–H and O–H groups in total. The molecule has 366 valence electrons. The number of amides is 1. The summed E-state index contributed by atoms with van der Waals surface area (Å²) in [5, 5.41) is 57.2. The number of piperazine rings is 1. The van der Waals surface area contributed by atoms with Crippen LogP contribution < -0.4 is 24.6 Å². The number of nitrogens with one attached hydrogen (secondary N) is 3. The van der Waals surface area contributed by atoms with Gasteiger partial charge in [0.1, 0.15) is 35.8 Å². The van der Waals surface area contributed by atoms with Crippen molar-refractivity contribution in [1.82, 2.24) is 19.6 Å². The molecule has 1 amide bonds. The van der Waals surface area contributed by atoms with E-state index in [0.717, 1.165) is 68.2 Å². The van der Waals surface area contributed by atoms with E-state index >= 15 is 0 Å². The molecule has 2 fully saturated rings. The fourth-order valence-corrected chi connectivity index (χ4v) is 10.9. The molecule has 9 rings (SSSR count). The van der Waals surface area contributed by atoms with Gasteiger partial charge in [0.2, 0.25) is 5.88 Å². The van der Waals surface area contributed by atoms with Crippen LogP contribution in [0.2, 0.25) is 5.02 Å². The number of allylic oxidation sites excluding steroid dienone is 1. The molecule has 3 aromatic carbocycles. The maximum atomic E-state index is 14.3. The molecule has 69 heavy (non-hydrogen) atoms. The topological polar surface area (TPSA) is 256 Å². The summed E-state index contributed by atoms with van der Waals surface area (Å²) in [6, 6.07) is 20.1. The van der Waals surface area contributed by atoms with Crippen LogP contribution in [0.25, 0.3) is 16.6 Å². The van der Waals surface area contributed by atoms with E-state index in [1.807, 2.05) is 35.2 Å². The zero-order valence-corrected chi connectivity index (χ0v) is 39.6. The van der Waals surface area contributed by atoms with Crippen molar-refractivity contribution in [2.75, 3.05) is 74.1 Å². The van der Waals surface area contributed by atoms with Gasteiger partial charge < -0.3 is 50.0 Å². The van der Waals surface area contributed by atoms with Crippen molar-refractivity contribution < 1.29 is 48.0 Å². The first-order valence-corrected chi connectivity index (χ1v) is 24.7. The normalized spacial score (nSPS) is 23.1. The number of nitrogens with zero attached hydrogens (tertiary/aromatic N) is 5. The van der Waals surface area contributed by atoms with Crippen LogP contribution in [0.3, 0.4) is 0 Å². The summed E-state index contributed by atoms with van der Waals surface area (Å²) in [7, 11) is -4.73. The molecule has 5 atom stereocenters. The van der Waals surface area contributed by atoms with E-state index in [1.54, 1.807) is 18.3 Å². The number of benzene rings is 3. The first-order chi connectivity index (χ1) is 33.0. The SMILES string of the molecule is CC1(C)CCC(CN2CCN(c3ccc(C(=O)NS(=O)(=O)c4ccc(NCC5C(O)C(O)OC(CO)C5O)c([N+](=O)[O-])c4)c(N4CCOc5nc6[nH]ccc6cc54)c3)CC2)=C(c2ccc(Cl)cc2)C1. The van der Waals surface area contributed by atoms with Crippen LogP contribution in [0.15, 0.2) is 89.5 Å². The van der Waals surface area contributed by atoms with Gasteiger partial charge in [-0.1, -0.05) is 43.2 Å². The lowest BCUT2D eigenvalue weighted by Gasteiger charge is -2.40. The third-order valence-corrected chi connectivity index (χ3v) is 15.2. The van der Waals surface area contributed by atoms with Crippen LogP contribution in [0.1, 0.15) is 49.0 Å². The minimum Gasteiger partial charge on any atom is -0.474 e. The van der Waals surface area contributed by atoms with E-state index in [1.165, 1.54) is 16.7 Å². The number of aromatic nitrogens is 2. The Labute approximate surface area is 403 Å². The van der Waals surface area contributed by atoms with Crippen molar-refractivity contribution in [2.24, 2.45) is 11.3 Å². The largest absolute Gasteiger partial charge is 0.474 e. The van der Waals surface area contributed by atoms with E-state index in [-0.39, 0.29) is 29.8 Å². The molecule has 4 aliphatic rings. The van der Waals surface area contributed by atoms with Crippen LogP contribution in [0.5, 0.6) is 5.88 Å². The fourth-order valence-electron chi connectivity index (χ4n) is 9.75. The number of hydrogen-bond donors (Lipinski definition) is 7. The molecule has 0 bridgehead atoms. The first kappa shape index (κ1) is 48.2. The van der Waals surface area contributed by atoms with Crippen molar-refractivity contribution in [1.29, 1.82) is 0 Å². The highest BCUT2D eigenvalue weighted by atomic mass is 35.5. The maximum Gasteiger partial charge on any atom is 0.293 e. The minimum atomic E-state index is -4.73. The number of aliphatic hydroxyl groups excluding tert-OH is 4. The van der Waals surface area contributed by atoms with Crippen molar-refractivity contribution in [3.8, 4) is 5.88 Å². The summed E-state index contributed by atoms with van der Waals surface area (Å²) in [5.41, 5.74) is 5.84. The number of aliphatic hydroxyl groups is 4. The van der Waals surface area contributed by atoms with Gasteiger partial charge in [0, 0.05) is 73.5 Å². The van der Waals surface area contributed by atoms with Gasteiger partial charge in [0.25, 0.3) is 21.6 Å². The average molecular weight is 988 g/mol. The van der Waals surface area contributed by atoms with E-state index in [4.69, 9.17) is 21.1 Å². The van der Waals surface area contributed by atoms with Crippen LogP contribution >= 0.6 is 11.6 Å². The summed E-state index contributed by atoms with van der Waals surface area (Å²) < 4.78 is 41.0. The Kier molecular flexibility index (Phi) is 13.6. The third-order valence-electron chi connectivity index (χ3n) is 13.6. The van der Waals surface area contributed by atoms with Crippen molar-refractivity contribution in [3.05, 3.63) is 111 Å². The van der Waals surface area contributed by atoms with Gasteiger partial charge in [-0.3, -0.25) is 19.8 Å². The Morgan fingerprint density at radius 2 is 1.75 bits per heavy atom. The molecule has 3 aliphatic heterocycles. The maximum absolute atomic E-state index is 14.3. The van der Waals surface area contributed by atoms with Crippen LogP contribution in [0, 0.1) is 21.4 Å². The second-order valence-corrected chi connectivity index (χ2v) is 20.9. The van der Waals surface area contributed by atoms with Crippen molar-refractivity contribution in [2.45, 2.75) is 62.6 Å². The number of halogens is 1. The molecule has 1 aliphatic carbocycles. The van der Waals surface area contributed by atoms with Gasteiger partial charge >= 0.3 is 0 Å². The molecule has 0 radical (unpaired) electrons. The Bertz CT molecular complexity index is 2890. The number of anilines is 4. The predicted molar refractivity (Wildman–Crippen MR) is 259 cm³/mol. The monoisotopic (exact) mass is 986 g/mol. The number of hydrogen-bond acceptors (Lipinski definition) is 16. The highest BCUT2D eigenvalue weighted by Crippen LogP contribution is 2.44. The number of ether oxygens (including phenoxy) is 2. The van der Waals surface area contributed by atoms with Crippen LogP contribution in [-0.4, -0.2) is 138 Å². The lowest BCUT2D eigenvalue weighted by Crippen LogP contribution is -2.57. The lowest BCUT2D eigenvalue weighted by molar-refractivity contribution is -0.384. The quantitative estimate of drug-likeness (QED) is 0.0604. The number of sulfonamides is 1. The number of carbonyl (C=O) groups excluding carboxylic acids is 1. The van der Waals surface area contributed by atoms with Crippen LogP contribution in [0.4, 0.5) is 28.4 Å². The van der Waals surface area contributed by atoms with E-state index in [0.29, 0.717) is 47.6 Å². The Morgan fingerprint density at radius 1 is 0.986 bits per heavy atom. The van der Waals surface area contributed by atoms with E-state index in [2.05, 4.69) is 55.8 Å². The standard InChI is InChI=1S/C48H55ClN8O11S/c1-48(2)13-11-30(35(24-48)28-3-5-31(49)6-4-28)26-54-15-17-55(18-16-54)32-7-9-34(38(22-32)56-19-20-67-46-40(56)21-29-12-14-50-44(29)52-46)45(61)53-69(65,66)33-8-10-37(39(23-33)57(63)64)51-25-36-42(59)41(27-58)68-47(62)43(36)60/h3-10,12,14,21-23,36,41-43,47,51,58-60,62H,11,13,15-20,24-27H2,1-2H3,(H,50,52)(H,53,61). The van der Waals surface area contributed by atoms with Gasteiger partial charge in [-0.15, -0.1) is 0 Å². The van der Waals surface area contributed by atoms with Crippen molar-refractivity contribution in [3.63, 3.8) is 0 Å². The van der Waals surface area contributed by atoms with Gasteiger partial charge in [0.05, 0.1) is 40.3 Å². The molecule has 2 aromatic heterocycles. The summed E-state index contributed by atoms with van der Waals surface area (Å²) >= 11 is 6.26. The van der Waals surface area contributed by atoms with Gasteiger partial charge in [-0.2, -0.15) is 4.98 Å². The zero-order valence-electron chi connectivity index (χ0n) is 38.0. The molecule has 2 saturated heterocycles. The molecule has 0 spiro atoms. The van der Waals surface area contributed by atoms with E-state index in [9.17, 15) is 43.8 Å². The second kappa shape index (κ2) is 19.5. The van der Waals surface area contributed by atoms with Crippen molar-refractivity contribution >= 4 is 72.6 Å². The van der Waals surface area contributed by atoms with Crippen LogP contribution in [-0.2, 0) is 14.8 Å². The fraction of sp³-hybridized carbons (Fsp3) is 0.417. The third kappa shape index (κ3) is 10.1. The highest BCUT2D eigenvalue weighted by molar-refractivity contribution is 7.90. The highest BCUT2D eigenvalue weighted by Gasteiger charge is 2.44. The summed E-state index contributed by atoms with van der Waals surface area (Å²) in [5.74, 6) is -1.78. The molecular formula is C48H55ClN8O11S. The summed E-state index contributed by atoms with van der Waals surface area (Å²) in [6.45, 7) is 8.02. The number of rotatable bonds is 13. The Morgan fingerprint density at radius 3 is 2.49 bits per heavy atom. The number of fused-ring (bicyclic) bond motifs is 2. The Balaban J connectivity index is 0.968. The number of pyridine rings is 1. The number of H-pyrrole nitrogens is 1. The van der Waals surface area contributed by atoms with Gasteiger partial charge in [-0.05, 0) is 90.4 Å². The summed E-state index contributed by atoms with van der Waals surface area (Å²) in [6.07, 6.45) is -1.14. The lowest BCUT2D eigenvalue weighted by atomic mass is 9.72. The zero-order chi connectivity index (χ0) is 48.8. The molecule has 21 heteroatoms. The number of nitro benzene ring substituents is 1. The molecule has 5 heterocycles. The minimum absolute atomic E-state index is 0.0228. The molecule has 19 nitrogen and oxygen atoms in total. The predicted octanol–water partition coefficient (Wildman–Crippen LogP) is 5.02. The smallest absolute Gasteiger partial charge is 0.293 e. The Hall–Kier alpha value is -5.84. The number of carbonyl (C=O) groups is 1. The molecule has 5 unspecified atom stereocenters. The number of aromatic amines is 1. The van der Waals surface area contributed by atoms with Gasteiger partial charge in [-0.25, -0.2) is 13.1 Å². The van der Waals surface area contributed by atoms with Gasteiger partial charge in [0.15, 0.2) is 6.29 Å². The van der Waals surface area contributed by atoms with E-state index < -0.39 is 68.6 Å². The number of nitro groups is 1. The molecule has 0 saturated carbocycles. The average Bonchev–Trinajstić information content (AvgIpc) is 3.80. The molecular weight excluding hydrogens is 932 g/mol. The molecule has 5 aromatic rings. The second-order valence-electron chi connectivity index (χ2n) is 18.8. The summed E-state index contributed by atoms with van der Waals surface area (Å²) in [4.78, 5) is 39.6. The first-order valence-electron chi connectivity index (χ1n) is 22.9.